The number of ether oxygens (including phenoxy) is 1. The van der Waals surface area contributed by atoms with Crippen LogP contribution in [-0.2, 0) is 13.1 Å². The van der Waals surface area contributed by atoms with Crippen LogP contribution in [0.4, 0.5) is 0 Å². The van der Waals surface area contributed by atoms with Crippen LogP contribution in [0.5, 0.6) is 5.75 Å². The van der Waals surface area contributed by atoms with E-state index in [4.69, 9.17) is 16.3 Å². The highest BCUT2D eigenvalue weighted by Gasteiger charge is 2.31. The van der Waals surface area contributed by atoms with Gasteiger partial charge in [0, 0.05) is 30.5 Å². The van der Waals surface area contributed by atoms with Crippen molar-refractivity contribution < 1.29 is 9.84 Å². The molecule has 1 atom stereocenters. The molecule has 25 heavy (non-hydrogen) atoms. The SMILES string of the molecule is CCn1ccnc1CN1CCCC(O)(COc2cccc(Cl)c2)CC1. The monoisotopic (exact) mass is 363 g/mol. The molecular weight excluding hydrogens is 338 g/mol. The van der Waals surface area contributed by atoms with E-state index in [0.29, 0.717) is 23.8 Å². The van der Waals surface area contributed by atoms with Gasteiger partial charge >= 0.3 is 0 Å². The van der Waals surface area contributed by atoms with Crippen LogP contribution in [0.3, 0.4) is 0 Å². The van der Waals surface area contributed by atoms with Crippen LogP contribution in [0.15, 0.2) is 36.7 Å². The molecule has 0 bridgehead atoms. The summed E-state index contributed by atoms with van der Waals surface area (Å²) in [6.07, 6.45) is 6.25. The Balaban J connectivity index is 1.55. The predicted octanol–water partition coefficient (Wildman–Crippen LogP) is 3.35. The summed E-state index contributed by atoms with van der Waals surface area (Å²) in [5.74, 6) is 1.79. The fourth-order valence-electron chi connectivity index (χ4n) is 3.29. The molecule has 1 aromatic heterocycles. The highest BCUT2D eigenvalue weighted by Crippen LogP contribution is 2.25. The van der Waals surface area contributed by atoms with E-state index in [2.05, 4.69) is 21.4 Å². The summed E-state index contributed by atoms with van der Waals surface area (Å²) in [5.41, 5.74) is -0.794. The first-order valence-electron chi connectivity index (χ1n) is 8.91. The van der Waals surface area contributed by atoms with Crippen LogP contribution >= 0.6 is 11.6 Å². The summed E-state index contributed by atoms with van der Waals surface area (Å²) in [6, 6.07) is 7.31. The molecule has 2 heterocycles. The van der Waals surface area contributed by atoms with Crippen LogP contribution in [0.2, 0.25) is 5.02 Å². The number of aliphatic hydroxyl groups is 1. The van der Waals surface area contributed by atoms with Gasteiger partial charge in [-0.05, 0) is 50.9 Å². The minimum atomic E-state index is -0.794. The van der Waals surface area contributed by atoms with E-state index in [9.17, 15) is 5.11 Å². The Hall–Kier alpha value is -1.56. The van der Waals surface area contributed by atoms with Crippen molar-refractivity contribution in [3.05, 3.63) is 47.5 Å². The third-order valence-corrected chi connectivity index (χ3v) is 5.06. The van der Waals surface area contributed by atoms with Crippen molar-refractivity contribution in [2.24, 2.45) is 0 Å². The van der Waals surface area contributed by atoms with E-state index >= 15 is 0 Å². The van der Waals surface area contributed by atoms with Crippen molar-refractivity contribution in [1.82, 2.24) is 14.5 Å². The Morgan fingerprint density at radius 1 is 1.32 bits per heavy atom. The molecule has 0 radical (unpaired) electrons. The average molecular weight is 364 g/mol. The van der Waals surface area contributed by atoms with Gasteiger partial charge in [0.2, 0.25) is 0 Å². The Morgan fingerprint density at radius 2 is 2.20 bits per heavy atom. The van der Waals surface area contributed by atoms with Crippen LogP contribution in [-0.4, -0.2) is 44.9 Å². The topological polar surface area (TPSA) is 50.5 Å². The second-order valence-electron chi connectivity index (χ2n) is 6.73. The van der Waals surface area contributed by atoms with Crippen molar-refractivity contribution >= 4 is 11.6 Å². The standard InChI is InChI=1S/C19H26ClN3O2/c1-2-23-12-9-21-18(23)14-22-10-4-7-19(24,8-11-22)15-25-17-6-3-5-16(20)13-17/h3,5-6,9,12-13,24H,2,4,7-8,10-11,14-15H2,1H3. The molecule has 1 saturated heterocycles. The van der Waals surface area contributed by atoms with Crippen LogP contribution < -0.4 is 4.74 Å². The number of imidazole rings is 1. The fraction of sp³-hybridized carbons (Fsp3) is 0.526. The summed E-state index contributed by atoms with van der Waals surface area (Å²) < 4.78 is 7.96. The molecule has 0 saturated carbocycles. The third kappa shape index (κ3) is 4.97. The minimum absolute atomic E-state index is 0.296. The molecule has 136 valence electrons. The van der Waals surface area contributed by atoms with Gasteiger partial charge in [-0.25, -0.2) is 4.98 Å². The van der Waals surface area contributed by atoms with Gasteiger partial charge in [0.05, 0.1) is 12.1 Å². The van der Waals surface area contributed by atoms with Crippen molar-refractivity contribution in [1.29, 1.82) is 0 Å². The van der Waals surface area contributed by atoms with Gasteiger partial charge in [0.15, 0.2) is 0 Å². The zero-order chi connectivity index (χ0) is 17.7. The number of benzene rings is 1. The number of halogens is 1. The number of likely N-dealkylation sites (tertiary alicyclic amines) is 1. The van der Waals surface area contributed by atoms with Gasteiger partial charge in [-0.3, -0.25) is 4.90 Å². The lowest BCUT2D eigenvalue weighted by Gasteiger charge is -2.27. The van der Waals surface area contributed by atoms with Crippen molar-refractivity contribution in [2.75, 3.05) is 19.7 Å². The van der Waals surface area contributed by atoms with E-state index in [0.717, 1.165) is 44.8 Å². The molecule has 1 unspecified atom stereocenters. The summed E-state index contributed by atoms with van der Waals surface area (Å²) in [4.78, 5) is 6.82. The van der Waals surface area contributed by atoms with Gasteiger partial charge in [0.1, 0.15) is 18.2 Å². The molecule has 0 amide bonds. The normalized spacial score (nSPS) is 21.9. The third-order valence-electron chi connectivity index (χ3n) is 4.82. The highest BCUT2D eigenvalue weighted by atomic mass is 35.5. The second-order valence-corrected chi connectivity index (χ2v) is 7.17. The zero-order valence-electron chi connectivity index (χ0n) is 14.7. The van der Waals surface area contributed by atoms with Crippen LogP contribution in [0.1, 0.15) is 32.0 Å². The van der Waals surface area contributed by atoms with E-state index in [-0.39, 0.29) is 0 Å². The molecule has 0 aliphatic carbocycles. The predicted molar refractivity (Wildman–Crippen MR) is 98.9 cm³/mol. The summed E-state index contributed by atoms with van der Waals surface area (Å²) >= 11 is 5.98. The molecule has 0 spiro atoms. The first-order valence-corrected chi connectivity index (χ1v) is 9.29. The Labute approximate surface area is 154 Å². The zero-order valence-corrected chi connectivity index (χ0v) is 15.5. The maximum Gasteiger partial charge on any atom is 0.122 e. The molecule has 2 aromatic rings. The second kappa shape index (κ2) is 8.21. The maximum absolute atomic E-state index is 10.9. The molecule has 1 aromatic carbocycles. The number of hydrogen-bond donors (Lipinski definition) is 1. The van der Waals surface area contributed by atoms with Crippen molar-refractivity contribution in [3.8, 4) is 5.75 Å². The first kappa shape index (κ1) is 18.2. The molecule has 3 rings (SSSR count). The largest absolute Gasteiger partial charge is 0.491 e. The Kier molecular flexibility index (Phi) is 5.99. The van der Waals surface area contributed by atoms with Gasteiger partial charge in [-0.1, -0.05) is 17.7 Å². The molecule has 1 fully saturated rings. The highest BCUT2D eigenvalue weighted by molar-refractivity contribution is 6.30. The Morgan fingerprint density at radius 3 is 3.00 bits per heavy atom. The summed E-state index contributed by atoms with van der Waals surface area (Å²) in [6.45, 7) is 5.99. The van der Waals surface area contributed by atoms with Crippen molar-refractivity contribution in [3.63, 3.8) is 0 Å². The minimum Gasteiger partial charge on any atom is -0.491 e. The Bertz CT molecular complexity index is 691. The quantitative estimate of drug-likeness (QED) is 0.855. The smallest absolute Gasteiger partial charge is 0.122 e. The lowest BCUT2D eigenvalue weighted by atomic mass is 9.96. The first-order chi connectivity index (χ1) is 12.1. The van der Waals surface area contributed by atoms with Crippen molar-refractivity contribution in [2.45, 2.75) is 44.9 Å². The summed E-state index contributed by atoms with van der Waals surface area (Å²) in [5, 5.41) is 11.6. The van der Waals surface area contributed by atoms with Gasteiger partial charge in [-0.2, -0.15) is 0 Å². The average Bonchev–Trinajstić information content (AvgIpc) is 2.97. The van der Waals surface area contributed by atoms with Gasteiger partial charge < -0.3 is 14.4 Å². The summed E-state index contributed by atoms with van der Waals surface area (Å²) in [7, 11) is 0. The fourth-order valence-corrected chi connectivity index (χ4v) is 3.47. The molecule has 5 nitrogen and oxygen atoms in total. The molecule has 1 aliphatic rings. The lowest BCUT2D eigenvalue weighted by Crippen LogP contribution is -2.37. The van der Waals surface area contributed by atoms with Crippen LogP contribution in [0.25, 0.3) is 0 Å². The van der Waals surface area contributed by atoms with E-state index < -0.39 is 5.60 Å². The number of aryl methyl sites for hydroxylation is 1. The van der Waals surface area contributed by atoms with E-state index in [1.165, 1.54) is 0 Å². The number of hydrogen-bond acceptors (Lipinski definition) is 4. The molecular formula is C19H26ClN3O2. The molecule has 6 heteroatoms. The molecule has 1 N–H and O–H groups in total. The number of nitrogens with zero attached hydrogens (tertiary/aromatic N) is 3. The number of rotatable bonds is 6. The molecule has 1 aliphatic heterocycles. The van der Waals surface area contributed by atoms with Gasteiger partial charge in [0.25, 0.3) is 0 Å². The van der Waals surface area contributed by atoms with E-state index in [1.54, 1.807) is 6.07 Å². The van der Waals surface area contributed by atoms with Crippen LogP contribution in [0, 0.1) is 0 Å². The van der Waals surface area contributed by atoms with E-state index in [1.807, 2.05) is 30.6 Å². The maximum atomic E-state index is 10.9. The lowest BCUT2D eigenvalue weighted by molar-refractivity contribution is -0.0169. The van der Waals surface area contributed by atoms with Gasteiger partial charge in [-0.15, -0.1) is 0 Å². The number of aromatic nitrogens is 2.